The number of H-pyrrole nitrogens is 1. The van der Waals surface area contributed by atoms with Gasteiger partial charge in [0.1, 0.15) is 0 Å². The summed E-state index contributed by atoms with van der Waals surface area (Å²) in [7, 11) is -1.43. The van der Waals surface area contributed by atoms with Gasteiger partial charge in [-0.15, -0.1) is 0 Å². The van der Waals surface area contributed by atoms with Gasteiger partial charge in [-0.1, -0.05) is 24.3 Å². The van der Waals surface area contributed by atoms with Gasteiger partial charge in [0.2, 0.25) is 0 Å². The molecule has 0 spiro atoms. The topological polar surface area (TPSA) is 69.1 Å². The zero-order valence-corrected chi connectivity index (χ0v) is 7.38. The second kappa shape index (κ2) is 3.65. The number of hydrogen-bond acceptors (Lipinski definition) is 3. The van der Waals surface area contributed by atoms with Crippen LogP contribution in [0, 0.1) is 0 Å². The number of hydrogen-bond donors (Lipinski definition) is 3. The highest BCUT2D eigenvalue weighted by Gasteiger charge is 2.11. The van der Waals surface area contributed by atoms with Crippen molar-refractivity contribution in [1.29, 1.82) is 0 Å². The molecule has 0 amide bonds. The molecule has 1 heterocycles. The largest absolute Gasteiger partial charge is 0.488 e. The summed E-state index contributed by atoms with van der Waals surface area (Å²) in [6.07, 6.45) is 3.44. The predicted octanol–water partition coefficient (Wildman–Crippen LogP) is -0.244. The lowest BCUT2D eigenvalue weighted by atomic mass is 9.79. The molecule has 2 rings (SSSR count). The van der Waals surface area contributed by atoms with E-state index in [1.165, 1.54) is 0 Å². The molecule has 0 aliphatic carbocycles. The normalized spacial score (nSPS) is 10.1. The van der Waals surface area contributed by atoms with Crippen LogP contribution in [0.1, 0.15) is 0 Å². The highest BCUT2D eigenvalue weighted by Crippen LogP contribution is 2.15. The molecule has 0 fully saturated rings. The van der Waals surface area contributed by atoms with Gasteiger partial charge in [0.05, 0.1) is 6.20 Å². The van der Waals surface area contributed by atoms with Crippen LogP contribution >= 0.6 is 0 Å². The Kier molecular flexibility index (Phi) is 2.34. The fraction of sp³-hybridized carbons (Fsp3) is 0. The van der Waals surface area contributed by atoms with E-state index < -0.39 is 7.12 Å². The molecular formula is C9H9BN2O2. The molecule has 0 saturated heterocycles. The van der Waals surface area contributed by atoms with Gasteiger partial charge in [0.15, 0.2) is 0 Å². The van der Waals surface area contributed by atoms with Crippen LogP contribution in [0.3, 0.4) is 0 Å². The molecule has 3 N–H and O–H groups in total. The van der Waals surface area contributed by atoms with Crippen LogP contribution in [-0.4, -0.2) is 27.4 Å². The molecule has 1 aromatic carbocycles. The van der Waals surface area contributed by atoms with Crippen LogP contribution in [0.2, 0.25) is 0 Å². The van der Waals surface area contributed by atoms with Gasteiger partial charge < -0.3 is 10.0 Å². The van der Waals surface area contributed by atoms with Gasteiger partial charge in [-0.2, -0.15) is 5.10 Å². The van der Waals surface area contributed by atoms with E-state index in [4.69, 9.17) is 10.0 Å². The molecule has 5 heteroatoms. The molecule has 14 heavy (non-hydrogen) atoms. The summed E-state index contributed by atoms with van der Waals surface area (Å²) in [5.74, 6) is 0. The van der Waals surface area contributed by atoms with E-state index in [2.05, 4.69) is 10.2 Å². The van der Waals surface area contributed by atoms with Crippen molar-refractivity contribution in [2.45, 2.75) is 0 Å². The van der Waals surface area contributed by atoms with Gasteiger partial charge in [-0.05, 0) is 11.0 Å². The first-order chi connectivity index (χ1) is 6.77. The van der Waals surface area contributed by atoms with E-state index in [0.717, 1.165) is 11.1 Å². The third-order valence-corrected chi connectivity index (χ3v) is 2.02. The summed E-state index contributed by atoms with van der Waals surface area (Å²) >= 11 is 0. The van der Waals surface area contributed by atoms with Crippen molar-refractivity contribution < 1.29 is 10.0 Å². The number of benzene rings is 1. The first kappa shape index (κ1) is 8.99. The van der Waals surface area contributed by atoms with Gasteiger partial charge in [-0.3, -0.25) is 5.10 Å². The van der Waals surface area contributed by atoms with Crippen LogP contribution < -0.4 is 5.46 Å². The van der Waals surface area contributed by atoms with E-state index in [1.807, 2.05) is 6.07 Å². The monoisotopic (exact) mass is 188 g/mol. The summed E-state index contributed by atoms with van der Waals surface area (Å²) in [5.41, 5.74) is 2.31. The lowest BCUT2D eigenvalue weighted by molar-refractivity contribution is 0.426. The van der Waals surface area contributed by atoms with Gasteiger partial charge in [0, 0.05) is 11.8 Å². The molecule has 0 aliphatic heterocycles. The molecule has 0 atom stereocenters. The fourth-order valence-corrected chi connectivity index (χ4v) is 1.29. The van der Waals surface area contributed by atoms with Gasteiger partial charge in [0.25, 0.3) is 0 Å². The number of rotatable bonds is 2. The Hall–Kier alpha value is -1.59. The molecule has 4 nitrogen and oxygen atoms in total. The molecule has 0 unspecified atom stereocenters. The first-order valence-electron chi connectivity index (χ1n) is 4.22. The Bertz CT molecular complexity index is 415. The average Bonchev–Trinajstić information content (AvgIpc) is 2.71. The van der Waals surface area contributed by atoms with Crippen molar-refractivity contribution in [3.8, 4) is 11.1 Å². The van der Waals surface area contributed by atoms with Crippen molar-refractivity contribution in [3.05, 3.63) is 36.7 Å². The smallest absolute Gasteiger partial charge is 0.423 e. The van der Waals surface area contributed by atoms with Gasteiger partial charge >= 0.3 is 7.12 Å². The quantitative estimate of drug-likeness (QED) is 0.569. The molecule has 0 aliphatic rings. The van der Waals surface area contributed by atoms with Crippen molar-refractivity contribution in [2.24, 2.45) is 0 Å². The fourth-order valence-electron chi connectivity index (χ4n) is 1.29. The molecule has 2 aromatic rings. The standard InChI is InChI=1S/C9H9BN2O2/c13-10(14)9-3-1-2-7(4-9)8-5-11-12-6-8/h1-6,13-14H,(H,11,12). The second-order valence-electron chi connectivity index (χ2n) is 2.99. The summed E-state index contributed by atoms with van der Waals surface area (Å²) in [6.45, 7) is 0. The summed E-state index contributed by atoms with van der Waals surface area (Å²) in [6, 6.07) is 7.04. The van der Waals surface area contributed by atoms with Crippen molar-refractivity contribution in [2.75, 3.05) is 0 Å². The summed E-state index contributed by atoms with van der Waals surface area (Å²) < 4.78 is 0. The lowest BCUT2D eigenvalue weighted by Crippen LogP contribution is -2.29. The Labute approximate surface area is 81.4 Å². The molecule has 0 radical (unpaired) electrons. The van der Waals surface area contributed by atoms with Crippen LogP contribution in [0.4, 0.5) is 0 Å². The Morgan fingerprint density at radius 1 is 1.21 bits per heavy atom. The van der Waals surface area contributed by atoms with E-state index >= 15 is 0 Å². The minimum Gasteiger partial charge on any atom is -0.423 e. The first-order valence-corrected chi connectivity index (χ1v) is 4.22. The number of nitrogens with zero attached hydrogens (tertiary/aromatic N) is 1. The SMILES string of the molecule is OB(O)c1cccc(-c2cn[nH]c2)c1. The molecule has 70 valence electrons. The Morgan fingerprint density at radius 2 is 2.07 bits per heavy atom. The van der Waals surface area contributed by atoms with Crippen LogP contribution in [0.15, 0.2) is 36.7 Å². The summed E-state index contributed by atoms with van der Waals surface area (Å²) in [4.78, 5) is 0. The molecule has 0 bridgehead atoms. The van der Waals surface area contributed by atoms with E-state index in [1.54, 1.807) is 30.6 Å². The minimum absolute atomic E-state index is 0.476. The Morgan fingerprint density at radius 3 is 2.71 bits per heavy atom. The second-order valence-corrected chi connectivity index (χ2v) is 2.99. The maximum absolute atomic E-state index is 8.98. The maximum Gasteiger partial charge on any atom is 0.488 e. The highest BCUT2D eigenvalue weighted by molar-refractivity contribution is 6.58. The van der Waals surface area contributed by atoms with Crippen LogP contribution in [-0.2, 0) is 0 Å². The highest BCUT2D eigenvalue weighted by atomic mass is 16.4. The average molecular weight is 188 g/mol. The van der Waals surface area contributed by atoms with Crippen LogP contribution in [0.5, 0.6) is 0 Å². The molecule has 1 aromatic heterocycles. The van der Waals surface area contributed by atoms with Gasteiger partial charge in [-0.25, -0.2) is 0 Å². The lowest BCUT2D eigenvalue weighted by Gasteiger charge is -2.01. The Balaban J connectivity index is 2.41. The molecule has 0 saturated carbocycles. The number of aromatic nitrogens is 2. The van der Waals surface area contributed by atoms with E-state index in [-0.39, 0.29) is 0 Å². The van der Waals surface area contributed by atoms with E-state index in [9.17, 15) is 0 Å². The maximum atomic E-state index is 8.98. The third kappa shape index (κ3) is 1.68. The van der Waals surface area contributed by atoms with Crippen molar-refractivity contribution >= 4 is 12.6 Å². The zero-order valence-electron chi connectivity index (χ0n) is 7.38. The molecular weight excluding hydrogens is 179 g/mol. The minimum atomic E-state index is -1.43. The summed E-state index contributed by atoms with van der Waals surface area (Å²) in [5, 5.41) is 24.5. The van der Waals surface area contributed by atoms with Crippen LogP contribution in [0.25, 0.3) is 11.1 Å². The zero-order chi connectivity index (χ0) is 9.97. The van der Waals surface area contributed by atoms with E-state index in [0.29, 0.717) is 5.46 Å². The van der Waals surface area contributed by atoms with Crippen molar-refractivity contribution in [3.63, 3.8) is 0 Å². The number of nitrogens with one attached hydrogen (secondary N) is 1. The number of aromatic amines is 1. The predicted molar refractivity (Wildman–Crippen MR) is 53.8 cm³/mol. The third-order valence-electron chi connectivity index (χ3n) is 2.02. The van der Waals surface area contributed by atoms with Crippen molar-refractivity contribution in [1.82, 2.24) is 10.2 Å².